The Kier molecular flexibility index (Phi) is 3.72. The van der Waals surface area contributed by atoms with Crippen LogP contribution in [0.3, 0.4) is 0 Å². The highest BCUT2D eigenvalue weighted by molar-refractivity contribution is 6.42. The molecule has 0 saturated heterocycles. The van der Waals surface area contributed by atoms with Crippen LogP contribution in [0.25, 0.3) is 5.69 Å². The van der Waals surface area contributed by atoms with Crippen molar-refractivity contribution < 1.29 is 0 Å². The third-order valence-electron chi connectivity index (χ3n) is 2.67. The van der Waals surface area contributed by atoms with Gasteiger partial charge in [0.25, 0.3) is 0 Å². The molecule has 0 aliphatic rings. The van der Waals surface area contributed by atoms with Gasteiger partial charge in [-0.05, 0) is 24.6 Å². The van der Waals surface area contributed by atoms with Gasteiger partial charge in [0.05, 0.1) is 28.3 Å². The van der Waals surface area contributed by atoms with Crippen molar-refractivity contribution in [3.05, 3.63) is 46.5 Å². The lowest BCUT2D eigenvalue weighted by Crippen LogP contribution is -2.13. The first kappa shape index (κ1) is 12.4. The summed E-state index contributed by atoms with van der Waals surface area (Å²) in [6, 6.07) is 5.42. The van der Waals surface area contributed by atoms with Crippen molar-refractivity contribution in [1.29, 1.82) is 0 Å². The van der Waals surface area contributed by atoms with Gasteiger partial charge in [-0.2, -0.15) is 0 Å². The molecule has 1 aromatic heterocycles. The Labute approximate surface area is 110 Å². The van der Waals surface area contributed by atoms with E-state index in [9.17, 15) is 0 Å². The molecule has 2 rings (SSSR count). The number of hydrogen-bond acceptors (Lipinski definition) is 2. The van der Waals surface area contributed by atoms with Crippen molar-refractivity contribution in [3.63, 3.8) is 0 Å². The van der Waals surface area contributed by atoms with Gasteiger partial charge in [-0.1, -0.05) is 30.1 Å². The molecule has 0 saturated carbocycles. The molecule has 0 spiro atoms. The van der Waals surface area contributed by atoms with Crippen molar-refractivity contribution in [2.24, 2.45) is 5.73 Å². The number of hydrogen-bond donors (Lipinski definition) is 1. The highest BCUT2D eigenvalue weighted by atomic mass is 35.5. The fourth-order valence-corrected chi connectivity index (χ4v) is 1.93. The van der Waals surface area contributed by atoms with E-state index in [-0.39, 0.29) is 6.04 Å². The van der Waals surface area contributed by atoms with Gasteiger partial charge in [-0.15, -0.1) is 0 Å². The molecule has 5 heteroatoms. The molecule has 1 atom stereocenters. The van der Waals surface area contributed by atoms with Crippen LogP contribution in [0.4, 0.5) is 0 Å². The molecule has 90 valence electrons. The molecule has 3 nitrogen and oxygen atoms in total. The summed E-state index contributed by atoms with van der Waals surface area (Å²) in [6.45, 7) is 2.04. The zero-order chi connectivity index (χ0) is 12.4. The number of benzene rings is 1. The molecule has 2 aromatic rings. The Bertz CT molecular complexity index is 522. The van der Waals surface area contributed by atoms with Gasteiger partial charge in [0, 0.05) is 11.7 Å². The third kappa shape index (κ3) is 2.46. The topological polar surface area (TPSA) is 43.8 Å². The van der Waals surface area contributed by atoms with Crippen LogP contribution in [0.2, 0.25) is 10.0 Å². The van der Waals surface area contributed by atoms with Gasteiger partial charge in [-0.3, -0.25) is 0 Å². The van der Waals surface area contributed by atoms with E-state index in [0.717, 1.165) is 17.8 Å². The van der Waals surface area contributed by atoms with Crippen LogP contribution in [0.5, 0.6) is 0 Å². The number of nitrogens with two attached hydrogens (primary N) is 1. The van der Waals surface area contributed by atoms with Crippen molar-refractivity contribution in [2.45, 2.75) is 19.4 Å². The lowest BCUT2D eigenvalue weighted by Gasteiger charge is -2.13. The Morgan fingerprint density at radius 3 is 2.76 bits per heavy atom. The molecule has 1 heterocycles. The lowest BCUT2D eigenvalue weighted by molar-refractivity contribution is 0.660. The monoisotopic (exact) mass is 269 g/mol. The quantitative estimate of drug-likeness (QED) is 0.926. The third-order valence-corrected chi connectivity index (χ3v) is 3.41. The summed E-state index contributed by atoms with van der Waals surface area (Å²) in [5.41, 5.74) is 7.90. The van der Waals surface area contributed by atoms with Crippen LogP contribution >= 0.6 is 23.2 Å². The van der Waals surface area contributed by atoms with E-state index in [1.54, 1.807) is 24.7 Å². The van der Waals surface area contributed by atoms with Crippen LogP contribution in [-0.4, -0.2) is 9.55 Å². The van der Waals surface area contributed by atoms with Gasteiger partial charge in [0.2, 0.25) is 0 Å². The molecule has 17 heavy (non-hydrogen) atoms. The maximum atomic E-state index is 6.02. The second kappa shape index (κ2) is 5.08. The van der Waals surface area contributed by atoms with E-state index in [1.165, 1.54) is 0 Å². The zero-order valence-corrected chi connectivity index (χ0v) is 10.9. The fraction of sp³-hybridized carbons (Fsp3) is 0.250. The summed E-state index contributed by atoms with van der Waals surface area (Å²) in [6.07, 6.45) is 4.36. The zero-order valence-electron chi connectivity index (χ0n) is 9.40. The molecule has 0 bridgehead atoms. The van der Waals surface area contributed by atoms with Crippen LogP contribution in [0.1, 0.15) is 25.1 Å². The Balaban J connectivity index is 2.46. The first-order chi connectivity index (χ1) is 8.13. The first-order valence-electron chi connectivity index (χ1n) is 5.36. The normalized spacial score (nSPS) is 12.7. The Morgan fingerprint density at radius 2 is 2.12 bits per heavy atom. The van der Waals surface area contributed by atoms with E-state index in [1.807, 2.05) is 17.6 Å². The molecule has 0 radical (unpaired) electrons. The minimum absolute atomic E-state index is 0.0352. The molecule has 1 aromatic carbocycles. The van der Waals surface area contributed by atoms with Crippen LogP contribution < -0.4 is 5.73 Å². The summed E-state index contributed by atoms with van der Waals surface area (Å²) >= 11 is 11.9. The van der Waals surface area contributed by atoms with Crippen molar-refractivity contribution >= 4 is 23.2 Å². The summed E-state index contributed by atoms with van der Waals surface area (Å²) in [5.74, 6) is 0. The molecule has 0 unspecified atom stereocenters. The molecule has 2 N–H and O–H groups in total. The van der Waals surface area contributed by atoms with E-state index < -0.39 is 0 Å². The number of imidazole rings is 1. The van der Waals surface area contributed by atoms with Crippen LogP contribution in [0, 0.1) is 0 Å². The smallest absolute Gasteiger partial charge is 0.0994 e. The summed E-state index contributed by atoms with van der Waals surface area (Å²) in [5, 5.41) is 1.06. The summed E-state index contributed by atoms with van der Waals surface area (Å²) in [7, 11) is 0. The lowest BCUT2D eigenvalue weighted by atomic mass is 10.2. The maximum absolute atomic E-state index is 6.02. The van der Waals surface area contributed by atoms with Gasteiger partial charge < -0.3 is 10.3 Å². The van der Waals surface area contributed by atoms with Gasteiger partial charge in [0.1, 0.15) is 0 Å². The minimum atomic E-state index is -0.0352. The Hall–Kier alpha value is -1.03. The predicted molar refractivity (Wildman–Crippen MR) is 70.8 cm³/mol. The summed E-state index contributed by atoms with van der Waals surface area (Å²) < 4.78 is 1.93. The van der Waals surface area contributed by atoms with Crippen molar-refractivity contribution in [3.8, 4) is 5.69 Å². The molecule has 0 aliphatic carbocycles. The van der Waals surface area contributed by atoms with Gasteiger partial charge in [-0.25, -0.2) is 4.98 Å². The number of rotatable bonds is 3. The van der Waals surface area contributed by atoms with Crippen LogP contribution in [0.15, 0.2) is 30.7 Å². The second-order valence-corrected chi connectivity index (χ2v) is 4.62. The van der Waals surface area contributed by atoms with Crippen molar-refractivity contribution in [1.82, 2.24) is 9.55 Å². The summed E-state index contributed by atoms with van der Waals surface area (Å²) in [4.78, 5) is 4.13. The number of halogens is 2. The first-order valence-corrected chi connectivity index (χ1v) is 6.12. The number of aromatic nitrogens is 2. The average molecular weight is 270 g/mol. The predicted octanol–water partition coefficient (Wildman–Crippen LogP) is 3.59. The van der Waals surface area contributed by atoms with E-state index in [2.05, 4.69) is 4.98 Å². The van der Waals surface area contributed by atoms with Gasteiger partial charge in [0.15, 0.2) is 0 Å². The SMILES string of the molecule is CC[C@@H](N)c1cncn1-c1ccc(Cl)c(Cl)c1. The van der Waals surface area contributed by atoms with Crippen molar-refractivity contribution in [2.75, 3.05) is 0 Å². The molecular formula is C12H13Cl2N3. The fourth-order valence-electron chi connectivity index (χ4n) is 1.64. The number of nitrogens with zero attached hydrogens (tertiary/aromatic N) is 2. The standard InChI is InChI=1S/C12H13Cl2N3/c1-2-11(15)12-6-16-7-17(12)8-3-4-9(13)10(14)5-8/h3-7,11H,2,15H2,1H3/t11-/m1/s1. The average Bonchev–Trinajstić information content (AvgIpc) is 2.80. The minimum Gasteiger partial charge on any atom is -0.323 e. The molecular weight excluding hydrogens is 257 g/mol. The molecule has 0 aliphatic heterocycles. The Morgan fingerprint density at radius 1 is 1.35 bits per heavy atom. The highest BCUT2D eigenvalue weighted by Crippen LogP contribution is 2.26. The van der Waals surface area contributed by atoms with Gasteiger partial charge >= 0.3 is 0 Å². The van der Waals surface area contributed by atoms with E-state index in [4.69, 9.17) is 28.9 Å². The largest absolute Gasteiger partial charge is 0.323 e. The van der Waals surface area contributed by atoms with E-state index >= 15 is 0 Å². The highest BCUT2D eigenvalue weighted by Gasteiger charge is 2.11. The molecule has 0 fully saturated rings. The second-order valence-electron chi connectivity index (χ2n) is 3.80. The molecule has 0 amide bonds. The maximum Gasteiger partial charge on any atom is 0.0994 e. The van der Waals surface area contributed by atoms with Crippen LogP contribution in [-0.2, 0) is 0 Å². The van der Waals surface area contributed by atoms with E-state index in [0.29, 0.717) is 10.0 Å².